The number of hydrogen-bond acceptors (Lipinski definition) is 3. The zero-order valence-electron chi connectivity index (χ0n) is 11.8. The first-order valence-corrected chi connectivity index (χ1v) is 7.59. The Balaban J connectivity index is 0.00000200. The van der Waals surface area contributed by atoms with Crippen molar-refractivity contribution in [2.75, 3.05) is 0 Å². The number of carbonyl (C=O) groups is 2. The first-order chi connectivity index (χ1) is 8.99. The van der Waals surface area contributed by atoms with Gasteiger partial charge in [-0.2, -0.15) is 0 Å². The van der Waals surface area contributed by atoms with E-state index in [1.165, 1.54) is 0 Å². The van der Waals surface area contributed by atoms with Crippen molar-refractivity contribution in [3.05, 3.63) is 32.9 Å². The van der Waals surface area contributed by atoms with Gasteiger partial charge in [0.25, 0.3) is 0 Å². The second-order valence-electron chi connectivity index (χ2n) is 5.16. The van der Waals surface area contributed by atoms with Crippen molar-refractivity contribution < 1.29 is 44.3 Å². The summed E-state index contributed by atoms with van der Waals surface area (Å²) >= 11 is 2.15. The summed E-state index contributed by atoms with van der Waals surface area (Å²) in [5.74, 6) is -1.15. The van der Waals surface area contributed by atoms with Gasteiger partial charge >= 0.3 is 29.6 Å². The van der Waals surface area contributed by atoms with Crippen molar-refractivity contribution in [1.82, 2.24) is 0 Å². The van der Waals surface area contributed by atoms with Crippen LogP contribution in [0, 0.1) is 9.49 Å². The Hall–Kier alpha value is 0.0900. The zero-order chi connectivity index (χ0) is 14.0. The summed E-state index contributed by atoms with van der Waals surface area (Å²) in [6.45, 7) is 1.63. The molecule has 1 aromatic rings. The van der Waals surface area contributed by atoms with Crippen molar-refractivity contribution in [1.29, 1.82) is 0 Å². The Morgan fingerprint density at radius 1 is 1.50 bits per heavy atom. The van der Waals surface area contributed by atoms with Crippen molar-refractivity contribution >= 4 is 34.3 Å². The summed E-state index contributed by atoms with van der Waals surface area (Å²) in [5.41, 5.74) is 1.89. The van der Waals surface area contributed by atoms with E-state index in [4.69, 9.17) is 0 Å². The molecule has 102 valence electrons. The molecule has 20 heavy (non-hydrogen) atoms. The van der Waals surface area contributed by atoms with Crippen LogP contribution in [0.3, 0.4) is 0 Å². The Morgan fingerprint density at radius 2 is 2.20 bits per heavy atom. The topological polar surface area (TPSA) is 57.2 Å². The van der Waals surface area contributed by atoms with E-state index < -0.39 is 11.9 Å². The maximum absolute atomic E-state index is 11.6. The standard InChI is InChI=1S/C15H17IO3.Na/c1-9(15(18)19)12-6-5-10(8-13(12)16)7-11-3-2-4-14(11)17;/h5-6,8-9,11H,2-4,7H2,1H3,(H,18,19);/q;+1/p-1. The van der Waals surface area contributed by atoms with Gasteiger partial charge in [0, 0.05) is 27.8 Å². The molecule has 2 atom stereocenters. The van der Waals surface area contributed by atoms with E-state index in [1.807, 2.05) is 18.2 Å². The van der Waals surface area contributed by atoms with Gasteiger partial charge in [-0.15, -0.1) is 0 Å². The average Bonchev–Trinajstić information content (AvgIpc) is 2.74. The minimum absolute atomic E-state index is 0. The van der Waals surface area contributed by atoms with Crippen LogP contribution in [0.1, 0.15) is 43.2 Å². The Morgan fingerprint density at radius 3 is 2.70 bits per heavy atom. The van der Waals surface area contributed by atoms with E-state index in [-0.39, 0.29) is 35.5 Å². The molecule has 0 amide bonds. The summed E-state index contributed by atoms with van der Waals surface area (Å²) < 4.78 is 0.928. The summed E-state index contributed by atoms with van der Waals surface area (Å²) in [6.07, 6.45) is 3.46. The molecule has 0 bridgehead atoms. The smallest absolute Gasteiger partial charge is 0.550 e. The number of carbonyl (C=O) groups excluding carboxylic acids is 2. The SMILES string of the molecule is CC(C(=O)[O-])c1ccc(CC2CCCC2=O)cc1I.[Na+]. The quantitative estimate of drug-likeness (QED) is 0.490. The van der Waals surface area contributed by atoms with E-state index in [1.54, 1.807) is 6.92 Å². The van der Waals surface area contributed by atoms with Crippen LogP contribution in [0.25, 0.3) is 0 Å². The van der Waals surface area contributed by atoms with Crippen molar-refractivity contribution in [3.63, 3.8) is 0 Å². The van der Waals surface area contributed by atoms with E-state index >= 15 is 0 Å². The summed E-state index contributed by atoms with van der Waals surface area (Å²) in [5, 5.41) is 10.9. The molecule has 1 aliphatic carbocycles. The normalized spacial score (nSPS) is 19.5. The molecule has 1 fully saturated rings. The second-order valence-corrected chi connectivity index (χ2v) is 6.32. The predicted octanol–water partition coefficient (Wildman–Crippen LogP) is -0.940. The van der Waals surface area contributed by atoms with Gasteiger partial charge in [-0.25, -0.2) is 0 Å². The predicted molar refractivity (Wildman–Crippen MR) is 78.6 cm³/mol. The monoisotopic (exact) mass is 394 g/mol. The van der Waals surface area contributed by atoms with Gasteiger partial charge in [-0.05, 0) is 59.0 Å². The zero-order valence-corrected chi connectivity index (χ0v) is 16.0. The maximum atomic E-state index is 11.6. The fraction of sp³-hybridized carbons (Fsp3) is 0.467. The maximum Gasteiger partial charge on any atom is 1.00 e. The number of aliphatic carboxylic acids is 1. The minimum atomic E-state index is -1.06. The Labute approximate surface area is 155 Å². The second kappa shape index (κ2) is 7.92. The molecule has 1 aromatic carbocycles. The van der Waals surface area contributed by atoms with Gasteiger partial charge in [0.1, 0.15) is 5.78 Å². The molecule has 5 heteroatoms. The van der Waals surface area contributed by atoms with Gasteiger partial charge < -0.3 is 9.90 Å². The van der Waals surface area contributed by atoms with Crippen LogP contribution in [-0.2, 0) is 16.0 Å². The molecule has 0 spiro atoms. The first-order valence-electron chi connectivity index (χ1n) is 6.51. The van der Waals surface area contributed by atoms with Crippen LogP contribution < -0.4 is 34.7 Å². The fourth-order valence-electron chi connectivity index (χ4n) is 2.56. The third kappa shape index (κ3) is 4.29. The van der Waals surface area contributed by atoms with Gasteiger partial charge in [0.05, 0.1) is 0 Å². The first kappa shape index (κ1) is 18.1. The fourth-order valence-corrected chi connectivity index (χ4v) is 3.61. The summed E-state index contributed by atoms with van der Waals surface area (Å²) in [7, 11) is 0. The van der Waals surface area contributed by atoms with E-state index in [9.17, 15) is 14.7 Å². The molecular weight excluding hydrogens is 378 g/mol. The number of carboxylic acids is 1. The van der Waals surface area contributed by atoms with Gasteiger partial charge in [0.2, 0.25) is 0 Å². The van der Waals surface area contributed by atoms with Crippen LogP contribution in [0.2, 0.25) is 0 Å². The summed E-state index contributed by atoms with van der Waals surface area (Å²) in [6, 6.07) is 5.76. The molecule has 2 unspecified atom stereocenters. The van der Waals surface area contributed by atoms with Crippen LogP contribution in [-0.4, -0.2) is 11.8 Å². The molecule has 0 aliphatic heterocycles. The number of hydrogen-bond donors (Lipinski definition) is 0. The largest absolute Gasteiger partial charge is 1.00 e. The van der Waals surface area contributed by atoms with Crippen LogP contribution in [0.5, 0.6) is 0 Å². The van der Waals surface area contributed by atoms with Crippen molar-refractivity contribution in [2.45, 2.75) is 38.5 Å². The molecule has 0 heterocycles. The number of carboxylic acid groups (broad SMARTS) is 1. The number of Topliss-reactive ketones (excluding diaryl/α,β-unsaturated/α-hetero) is 1. The van der Waals surface area contributed by atoms with Gasteiger partial charge in [-0.3, -0.25) is 4.79 Å². The van der Waals surface area contributed by atoms with E-state index in [0.717, 1.165) is 34.0 Å². The molecule has 1 aliphatic rings. The van der Waals surface area contributed by atoms with E-state index in [0.29, 0.717) is 12.2 Å². The number of halogens is 1. The minimum Gasteiger partial charge on any atom is -0.550 e. The molecular formula is C15H16INaO3. The molecule has 0 aromatic heterocycles. The Kier molecular flexibility index (Phi) is 7.18. The molecule has 0 saturated heterocycles. The molecule has 2 rings (SSSR count). The van der Waals surface area contributed by atoms with Crippen LogP contribution in [0.15, 0.2) is 18.2 Å². The third-order valence-corrected chi connectivity index (χ3v) is 4.73. The molecule has 0 N–H and O–H groups in total. The number of rotatable bonds is 4. The third-order valence-electron chi connectivity index (χ3n) is 3.80. The van der Waals surface area contributed by atoms with Crippen molar-refractivity contribution in [2.24, 2.45) is 5.92 Å². The van der Waals surface area contributed by atoms with E-state index in [2.05, 4.69) is 22.6 Å². The molecule has 3 nitrogen and oxygen atoms in total. The van der Waals surface area contributed by atoms with Crippen molar-refractivity contribution in [3.8, 4) is 0 Å². The molecule has 0 radical (unpaired) electrons. The van der Waals surface area contributed by atoms with Gasteiger partial charge in [0.15, 0.2) is 0 Å². The molecule has 1 saturated carbocycles. The Bertz CT molecular complexity index is 516. The van der Waals surface area contributed by atoms with Crippen LogP contribution in [0.4, 0.5) is 0 Å². The van der Waals surface area contributed by atoms with Crippen LogP contribution >= 0.6 is 22.6 Å². The summed E-state index contributed by atoms with van der Waals surface area (Å²) in [4.78, 5) is 22.5. The average molecular weight is 394 g/mol. The number of benzene rings is 1. The number of ketones is 1. The van der Waals surface area contributed by atoms with Gasteiger partial charge in [-0.1, -0.05) is 19.1 Å².